The maximum Gasteiger partial charge on any atom is 0.252 e. The van der Waals surface area contributed by atoms with Gasteiger partial charge in [-0.2, -0.15) is 0 Å². The van der Waals surface area contributed by atoms with Gasteiger partial charge in [0.05, 0.1) is 26.5 Å². The van der Waals surface area contributed by atoms with Gasteiger partial charge in [-0.25, -0.2) is 0 Å². The van der Waals surface area contributed by atoms with Crippen LogP contribution < -0.4 is 52.4 Å². The molecule has 0 spiro atoms. The standard InChI is InChI=1S/C99H60B2N4OS3/c1-99(2)72-30-7-3-22-62(72)70-56-71-63-52-48-59(55-87(63)106-95(71)94(91(70)99)105-79-36-13-10-33-75(79)100-73-31-8-11-34-77(73)104(82-39-21-40-83(105)93(82)100)85-42-19-29-69-66-25-6-16-45-90(66)109-98(69)85)58-49-53-76-86(54-58)102(60-50-46-57(47-51-60)61-26-17-27-67-64-23-4-14-43-88(64)107-96(61)67)80-37-20-38-81-92(80)101(76)74-32-9-12-35-78(74)103(81)84-41-18-28-68-65-24-5-15-44-89(65)108-97(68)84/h3-56H,1-2H3. The summed E-state index contributed by atoms with van der Waals surface area (Å²) in [5.74, 6) is 0. The van der Waals surface area contributed by atoms with Gasteiger partial charge in [0.2, 0.25) is 0 Å². The Kier molecular flexibility index (Phi) is 12.3. The molecule has 506 valence electrons. The van der Waals surface area contributed by atoms with E-state index < -0.39 is 5.41 Å². The first kappa shape index (κ1) is 60.4. The van der Waals surface area contributed by atoms with Crippen LogP contribution >= 0.6 is 34.0 Å². The monoisotopic (exact) mass is 1440 g/mol. The van der Waals surface area contributed by atoms with Crippen LogP contribution in [0, 0.1) is 0 Å². The van der Waals surface area contributed by atoms with Crippen LogP contribution in [0.3, 0.4) is 0 Å². The summed E-state index contributed by atoms with van der Waals surface area (Å²) in [6.45, 7) is 4.75. The van der Waals surface area contributed by atoms with Crippen LogP contribution in [0.2, 0.25) is 0 Å². The Bertz CT molecular complexity index is 7430. The van der Waals surface area contributed by atoms with E-state index in [-0.39, 0.29) is 13.4 Å². The van der Waals surface area contributed by atoms with Crippen molar-refractivity contribution in [3.8, 4) is 33.4 Å². The third kappa shape index (κ3) is 8.19. The van der Waals surface area contributed by atoms with Crippen LogP contribution in [-0.4, -0.2) is 13.4 Å². The molecule has 109 heavy (non-hydrogen) atoms. The smallest absolute Gasteiger partial charge is 0.252 e. The molecular formula is C99H60B2N4OS3. The van der Waals surface area contributed by atoms with Gasteiger partial charge in [-0.05, 0) is 186 Å². The van der Waals surface area contributed by atoms with Gasteiger partial charge < -0.3 is 24.0 Å². The normalized spacial score (nSPS) is 14.1. The minimum atomic E-state index is -0.401. The predicted molar refractivity (Wildman–Crippen MR) is 469 cm³/mol. The van der Waals surface area contributed by atoms with Crippen molar-refractivity contribution in [3.05, 3.63) is 339 Å². The van der Waals surface area contributed by atoms with Crippen molar-refractivity contribution in [1.82, 2.24) is 0 Å². The molecule has 5 nitrogen and oxygen atoms in total. The zero-order chi connectivity index (χ0) is 71.2. The van der Waals surface area contributed by atoms with Gasteiger partial charge in [0.15, 0.2) is 5.58 Å². The molecule has 8 heterocycles. The molecular weight excluding hydrogens is 1380 g/mol. The number of furan rings is 1. The van der Waals surface area contributed by atoms with Crippen LogP contribution in [0.15, 0.2) is 332 Å². The zero-order valence-electron chi connectivity index (χ0n) is 59.3. The number of hydrogen-bond acceptors (Lipinski definition) is 8. The molecule has 0 atom stereocenters. The van der Waals surface area contributed by atoms with Crippen LogP contribution in [0.5, 0.6) is 0 Å². The summed E-state index contributed by atoms with van der Waals surface area (Å²) in [5.41, 5.74) is 32.8. The van der Waals surface area contributed by atoms with E-state index in [0.29, 0.717) is 0 Å². The van der Waals surface area contributed by atoms with Gasteiger partial charge in [-0.1, -0.05) is 232 Å². The highest BCUT2D eigenvalue weighted by atomic mass is 32.1. The first-order valence-electron chi connectivity index (χ1n) is 37.7. The van der Waals surface area contributed by atoms with Crippen LogP contribution in [0.4, 0.5) is 68.2 Å². The van der Waals surface area contributed by atoms with E-state index in [1.807, 2.05) is 34.0 Å². The molecule has 0 saturated carbocycles. The summed E-state index contributed by atoms with van der Waals surface area (Å²) in [7, 11) is 0. The molecule has 25 rings (SSSR count). The van der Waals surface area contributed by atoms with E-state index in [0.717, 1.165) is 61.5 Å². The topological polar surface area (TPSA) is 26.1 Å². The number of rotatable bonds is 6. The fourth-order valence-corrected chi connectivity index (χ4v) is 23.7. The predicted octanol–water partition coefficient (Wildman–Crippen LogP) is 24.5. The Labute approximate surface area is 641 Å². The highest BCUT2D eigenvalue weighted by Gasteiger charge is 2.48. The number of benzene rings is 16. The lowest BCUT2D eigenvalue weighted by atomic mass is 9.33. The Morgan fingerprint density at radius 3 is 1.31 bits per heavy atom. The molecule has 10 heteroatoms. The fourth-order valence-electron chi connectivity index (χ4n) is 20.0. The Morgan fingerprint density at radius 1 is 0.284 bits per heavy atom. The molecule has 0 unspecified atom stereocenters. The summed E-state index contributed by atoms with van der Waals surface area (Å²) in [6.07, 6.45) is 0. The van der Waals surface area contributed by atoms with Gasteiger partial charge in [-0.3, -0.25) is 0 Å². The fraction of sp³-hybridized carbons (Fsp3) is 0.0303. The molecule has 0 amide bonds. The van der Waals surface area contributed by atoms with Crippen molar-refractivity contribution in [1.29, 1.82) is 0 Å². The minimum Gasteiger partial charge on any atom is -0.454 e. The molecule has 0 fully saturated rings. The quantitative estimate of drug-likeness (QED) is 0.155. The van der Waals surface area contributed by atoms with Gasteiger partial charge in [0.1, 0.15) is 5.58 Å². The summed E-state index contributed by atoms with van der Waals surface area (Å²) in [4.78, 5) is 10.3. The van der Waals surface area contributed by atoms with Crippen LogP contribution in [0.25, 0.3) is 116 Å². The first-order valence-corrected chi connectivity index (χ1v) is 40.1. The van der Waals surface area contributed by atoms with Crippen LogP contribution in [-0.2, 0) is 5.41 Å². The highest BCUT2D eigenvalue weighted by Crippen LogP contribution is 2.60. The molecule has 0 bridgehead atoms. The lowest BCUT2D eigenvalue weighted by Crippen LogP contribution is -2.61. The highest BCUT2D eigenvalue weighted by molar-refractivity contribution is 7.27. The first-order chi connectivity index (χ1) is 53.9. The molecule has 0 N–H and O–H groups in total. The maximum atomic E-state index is 7.83. The third-order valence-corrected chi connectivity index (χ3v) is 28.2. The zero-order valence-corrected chi connectivity index (χ0v) is 61.7. The molecule has 0 radical (unpaired) electrons. The number of hydrogen-bond donors (Lipinski definition) is 0. The minimum absolute atomic E-state index is 0.0328. The van der Waals surface area contributed by atoms with Gasteiger partial charge >= 0.3 is 0 Å². The summed E-state index contributed by atoms with van der Waals surface area (Å²) in [6, 6.07) is 124. The van der Waals surface area contributed by atoms with Crippen molar-refractivity contribution in [3.63, 3.8) is 0 Å². The Morgan fingerprint density at radius 2 is 0.706 bits per heavy atom. The van der Waals surface area contributed by atoms with E-state index >= 15 is 0 Å². The Hall–Kier alpha value is -12.7. The van der Waals surface area contributed by atoms with Gasteiger partial charge in [-0.15, -0.1) is 34.0 Å². The number of para-hydroxylation sites is 3. The average molecular weight is 1440 g/mol. The average Bonchev–Trinajstić information content (AvgIpc) is 1.65. The lowest BCUT2D eigenvalue weighted by Gasteiger charge is -2.44. The van der Waals surface area contributed by atoms with E-state index in [2.05, 4.69) is 361 Å². The summed E-state index contributed by atoms with van der Waals surface area (Å²) < 4.78 is 15.6. The van der Waals surface area contributed by atoms with E-state index in [9.17, 15) is 0 Å². The SMILES string of the molecule is CC1(C)c2ccccc2-c2cc3c(oc4cc(-c5ccc6c(c5)N(c5ccc(-c7cccc8c7sc7ccccc78)cc5)c5cccc7c5B6c5ccccc5N7c5cccc6c5sc5ccccc56)ccc43)c(N3c4ccccc4B4c5ccccc5N(c5cccc6c5sc5ccccc56)c5cccc3c54)c21. The Balaban J connectivity index is 0.686. The second-order valence-electron chi connectivity index (χ2n) is 30.4. The molecule has 16 aromatic carbocycles. The largest absolute Gasteiger partial charge is 0.454 e. The molecule has 1 aliphatic carbocycles. The van der Waals surface area contributed by atoms with Crippen molar-refractivity contribution in [2.45, 2.75) is 19.3 Å². The molecule has 4 aromatic heterocycles. The van der Waals surface area contributed by atoms with E-state index in [1.165, 1.54) is 166 Å². The molecule has 0 saturated heterocycles. The van der Waals surface area contributed by atoms with E-state index in [4.69, 9.17) is 4.42 Å². The number of thiophene rings is 3. The summed E-state index contributed by atoms with van der Waals surface area (Å²) in [5, 5.41) is 9.94. The van der Waals surface area contributed by atoms with Crippen molar-refractivity contribution in [2.75, 3.05) is 19.6 Å². The van der Waals surface area contributed by atoms with Crippen molar-refractivity contribution in [2.24, 2.45) is 0 Å². The van der Waals surface area contributed by atoms with Crippen molar-refractivity contribution >= 4 is 231 Å². The van der Waals surface area contributed by atoms with E-state index in [1.54, 1.807) is 0 Å². The molecule has 5 aliphatic rings. The molecule has 4 aliphatic heterocycles. The molecule has 20 aromatic rings. The van der Waals surface area contributed by atoms with Crippen molar-refractivity contribution < 1.29 is 4.42 Å². The summed E-state index contributed by atoms with van der Waals surface area (Å²) >= 11 is 5.66. The number of nitrogens with zero attached hydrogens (tertiary/aromatic N) is 4. The lowest BCUT2D eigenvalue weighted by molar-refractivity contribution is 0.648. The van der Waals surface area contributed by atoms with Gasteiger partial charge in [0.25, 0.3) is 13.4 Å². The maximum absolute atomic E-state index is 7.83. The second kappa shape index (κ2) is 22.2. The van der Waals surface area contributed by atoms with Crippen LogP contribution in [0.1, 0.15) is 25.0 Å². The third-order valence-electron chi connectivity index (χ3n) is 24.6. The van der Waals surface area contributed by atoms with Gasteiger partial charge in [0, 0.05) is 118 Å². The second-order valence-corrected chi connectivity index (χ2v) is 33.6. The number of fused-ring (bicyclic) bond motifs is 23. The number of anilines is 12.